The highest BCUT2D eigenvalue weighted by molar-refractivity contribution is 8.00. The molecular formula is C19H14N4OS. The summed E-state index contributed by atoms with van der Waals surface area (Å²) in [6, 6.07) is 15.6. The summed E-state index contributed by atoms with van der Waals surface area (Å²) in [7, 11) is 0. The van der Waals surface area contributed by atoms with Crippen LogP contribution < -0.4 is 0 Å². The predicted molar refractivity (Wildman–Crippen MR) is 98.0 cm³/mol. The van der Waals surface area contributed by atoms with Gasteiger partial charge in [0.25, 0.3) is 0 Å². The zero-order chi connectivity index (χ0) is 17.4. The van der Waals surface area contributed by atoms with Gasteiger partial charge in [-0.05, 0) is 42.8 Å². The number of nitrogens with one attached hydrogen (secondary N) is 1. The van der Waals surface area contributed by atoms with Gasteiger partial charge in [0.15, 0.2) is 11.4 Å². The minimum Gasteiger partial charge on any atom is -0.359 e. The molecular weight excluding hydrogens is 332 g/mol. The van der Waals surface area contributed by atoms with Gasteiger partial charge in [0.05, 0.1) is 33.1 Å². The molecule has 4 aromatic rings. The van der Waals surface area contributed by atoms with Gasteiger partial charge in [0, 0.05) is 6.20 Å². The molecule has 0 amide bonds. The predicted octanol–water partition coefficient (Wildman–Crippen LogP) is 3.97. The highest BCUT2D eigenvalue weighted by Crippen LogP contribution is 2.29. The maximum absolute atomic E-state index is 12.3. The lowest BCUT2D eigenvalue weighted by atomic mass is 10.2. The highest BCUT2D eigenvalue weighted by Gasteiger charge is 2.16. The number of ketones is 1. The van der Waals surface area contributed by atoms with E-state index in [4.69, 9.17) is 0 Å². The molecule has 6 heteroatoms. The largest absolute Gasteiger partial charge is 0.359 e. The molecule has 0 fully saturated rings. The third kappa shape index (κ3) is 2.59. The number of hydrogen-bond donors (Lipinski definition) is 1. The van der Waals surface area contributed by atoms with Gasteiger partial charge in [0.1, 0.15) is 6.07 Å². The van der Waals surface area contributed by atoms with Crippen LogP contribution in [-0.2, 0) is 0 Å². The molecule has 0 spiro atoms. The summed E-state index contributed by atoms with van der Waals surface area (Å²) in [5.41, 5.74) is 4.44. The molecule has 1 N–H and O–H groups in total. The molecule has 0 radical (unpaired) electrons. The van der Waals surface area contributed by atoms with E-state index in [2.05, 4.69) is 16.0 Å². The van der Waals surface area contributed by atoms with Crippen molar-refractivity contribution in [3.63, 3.8) is 0 Å². The number of thioether (sulfide) groups is 1. The summed E-state index contributed by atoms with van der Waals surface area (Å²) >= 11 is 1.45. The van der Waals surface area contributed by atoms with Gasteiger partial charge in [-0.1, -0.05) is 23.9 Å². The summed E-state index contributed by atoms with van der Waals surface area (Å²) in [4.78, 5) is 19.9. The number of hydrogen-bond acceptors (Lipinski definition) is 4. The fraction of sp³-hybridized carbons (Fsp3) is 0.105. The Balaban J connectivity index is 1.83. The molecule has 0 aliphatic heterocycles. The SMILES string of the molecule is Cc1cc(SCC(=O)c2ccc[nH]2)n2c(nc3ccccc32)c1C#N. The van der Waals surface area contributed by atoms with Crippen molar-refractivity contribution in [1.29, 1.82) is 5.26 Å². The number of benzene rings is 1. The minimum absolute atomic E-state index is 0.0367. The molecule has 0 saturated carbocycles. The van der Waals surface area contributed by atoms with Crippen LogP contribution in [0.4, 0.5) is 0 Å². The van der Waals surface area contributed by atoms with Crippen molar-refractivity contribution in [2.45, 2.75) is 11.9 Å². The lowest BCUT2D eigenvalue weighted by molar-refractivity contribution is 0.101. The third-order valence-corrected chi connectivity index (χ3v) is 5.10. The second kappa shape index (κ2) is 6.11. The van der Waals surface area contributed by atoms with E-state index in [1.807, 2.05) is 47.7 Å². The third-order valence-electron chi connectivity index (χ3n) is 4.10. The Bertz CT molecular complexity index is 1140. The summed E-state index contributed by atoms with van der Waals surface area (Å²) < 4.78 is 1.97. The smallest absolute Gasteiger partial charge is 0.189 e. The number of Topliss-reactive ketones (excluding diaryl/α,β-unsaturated/α-hetero) is 1. The summed E-state index contributed by atoms with van der Waals surface area (Å²) in [5, 5.41) is 10.4. The molecule has 0 bridgehead atoms. The zero-order valence-electron chi connectivity index (χ0n) is 13.5. The Morgan fingerprint density at radius 2 is 2.16 bits per heavy atom. The van der Waals surface area contributed by atoms with Crippen molar-refractivity contribution >= 4 is 34.2 Å². The first-order valence-electron chi connectivity index (χ1n) is 7.79. The number of nitrogens with zero attached hydrogens (tertiary/aromatic N) is 3. The average molecular weight is 346 g/mol. The summed E-state index contributed by atoms with van der Waals surface area (Å²) in [6.07, 6.45) is 1.74. The van der Waals surface area contributed by atoms with Crippen LogP contribution >= 0.6 is 11.8 Å². The second-order valence-electron chi connectivity index (χ2n) is 5.71. The van der Waals surface area contributed by atoms with Crippen molar-refractivity contribution in [1.82, 2.24) is 14.4 Å². The van der Waals surface area contributed by atoms with E-state index < -0.39 is 0 Å². The molecule has 5 nitrogen and oxygen atoms in total. The van der Waals surface area contributed by atoms with E-state index in [0.29, 0.717) is 22.7 Å². The molecule has 3 aromatic heterocycles. The van der Waals surface area contributed by atoms with E-state index in [1.54, 1.807) is 12.3 Å². The maximum atomic E-state index is 12.3. The number of rotatable bonds is 4. The van der Waals surface area contributed by atoms with E-state index in [9.17, 15) is 10.1 Å². The second-order valence-corrected chi connectivity index (χ2v) is 6.70. The van der Waals surface area contributed by atoms with Gasteiger partial charge >= 0.3 is 0 Å². The van der Waals surface area contributed by atoms with Crippen molar-refractivity contribution in [3.05, 3.63) is 65.5 Å². The van der Waals surface area contributed by atoms with E-state index in [0.717, 1.165) is 21.6 Å². The first-order chi connectivity index (χ1) is 12.2. The van der Waals surface area contributed by atoms with Crippen molar-refractivity contribution in [2.75, 3.05) is 5.75 Å². The molecule has 122 valence electrons. The van der Waals surface area contributed by atoms with Crippen LogP contribution in [0.15, 0.2) is 53.7 Å². The van der Waals surface area contributed by atoms with Crippen LogP contribution in [0.5, 0.6) is 0 Å². The number of carbonyl (C=O) groups is 1. The fourth-order valence-corrected chi connectivity index (χ4v) is 3.89. The number of H-pyrrole nitrogens is 1. The highest BCUT2D eigenvalue weighted by atomic mass is 32.2. The number of para-hydroxylation sites is 2. The van der Waals surface area contributed by atoms with Gasteiger partial charge in [-0.15, -0.1) is 0 Å². The van der Waals surface area contributed by atoms with Crippen LogP contribution in [0.2, 0.25) is 0 Å². The number of aryl methyl sites for hydroxylation is 1. The van der Waals surface area contributed by atoms with E-state index >= 15 is 0 Å². The number of aromatic amines is 1. The summed E-state index contributed by atoms with van der Waals surface area (Å²) in [6.45, 7) is 1.90. The molecule has 25 heavy (non-hydrogen) atoms. The number of carbonyl (C=O) groups excluding carboxylic acids is 1. The van der Waals surface area contributed by atoms with Gasteiger partial charge < -0.3 is 4.98 Å². The molecule has 0 saturated heterocycles. The van der Waals surface area contributed by atoms with Crippen molar-refractivity contribution in [2.24, 2.45) is 0 Å². The molecule has 0 atom stereocenters. The first-order valence-corrected chi connectivity index (χ1v) is 8.78. The van der Waals surface area contributed by atoms with E-state index in [1.165, 1.54) is 11.8 Å². The quantitative estimate of drug-likeness (QED) is 0.448. The molecule has 0 aliphatic rings. The lowest BCUT2D eigenvalue weighted by Gasteiger charge is -2.09. The average Bonchev–Trinajstić information content (AvgIpc) is 3.27. The van der Waals surface area contributed by atoms with Crippen LogP contribution in [0.1, 0.15) is 21.6 Å². The number of pyridine rings is 1. The van der Waals surface area contributed by atoms with Gasteiger partial charge in [-0.25, -0.2) is 4.98 Å². The van der Waals surface area contributed by atoms with Crippen molar-refractivity contribution < 1.29 is 4.79 Å². The molecule has 1 aromatic carbocycles. The molecule has 0 aliphatic carbocycles. The minimum atomic E-state index is 0.0367. The van der Waals surface area contributed by atoms with E-state index in [-0.39, 0.29) is 5.78 Å². The standard InChI is InChI=1S/C19H14N4OS/c1-12-9-18(25-11-17(24)15-6-4-8-21-15)23-16-7-3-2-5-14(16)22-19(23)13(12)10-20/h2-9,21H,11H2,1H3. The molecule has 0 unspecified atom stereocenters. The van der Waals surface area contributed by atoms with Gasteiger partial charge in [0.2, 0.25) is 0 Å². The van der Waals surface area contributed by atoms with Gasteiger partial charge in [-0.2, -0.15) is 5.26 Å². The molecule has 4 rings (SSSR count). The normalized spacial score (nSPS) is 11.0. The number of aromatic nitrogens is 3. The Morgan fingerprint density at radius 3 is 2.92 bits per heavy atom. The lowest BCUT2D eigenvalue weighted by Crippen LogP contribution is -2.04. The number of fused-ring (bicyclic) bond motifs is 3. The van der Waals surface area contributed by atoms with Crippen molar-refractivity contribution in [3.8, 4) is 6.07 Å². The first kappa shape index (κ1) is 15.5. The Labute approximate surface area is 148 Å². The molecule has 3 heterocycles. The van der Waals surface area contributed by atoms with Crippen LogP contribution in [0, 0.1) is 18.3 Å². The Hall–Kier alpha value is -3.04. The monoisotopic (exact) mass is 346 g/mol. The maximum Gasteiger partial charge on any atom is 0.189 e. The van der Waals surface area contributed by atoms with Crippen LogP contribution in [-0.4, -0.2) is 25.9 Å². The van der Waals surface area contributed by atoms with Gasteiger partial charge in [-0.3, -0.25) is 9.20 Å². The Morgan fingerprint density at radius 1 is 1.32 bits per heavy atom. The Kier molecular flexibility index (Phi) is 3.79. The number of nitriles is 1. The topological polar surface area (TPSA) is 73.9 Å². The number of imidazole rings is 1. The zero-order valence-corrected chi connectivity index (χ0v) is 14.3. The fourth-order valence-electron chi connectivity index (χ4n) is 2.88. The van der Waals surface area contributed by atoms with Crippen LogP contribution in [0.25, 0.3) is 16.7 Å². The summed E-state index contributed by atoms with van der Waals surface area (Å²) in [5.74, 6) is 0.350. The van der Waals surface area contributed by atoms with Crippen LogP contribution in [0.3, 0.4) is 0 Å².